The van der Waals surface area contributed by atoms with Gasteiger partial charge in [-0.25, -0.2) is 8.78 Å². The van der Waals surface area contributed by atoms with Crippen LogP contribution in [0.3, 0.4) is 0 Å². The Kier molecular flexibility index (Phi) is 2.92. The smallest absolute Gasteiger partial charge is 0.159 e. The molecular weight excluding hydrogens is 258 g/mol. The monoisotopic (exact) mass is 276 g/mol. The summed E-state index contributed by atoms with van der Waals surface area (Å²) in [6.07, 6.45) is 3.02. The molecular formula is C16H18F2N2. The average Bonchev–Trinajstić information content (AvgIpc) is 2.68. The Hall–Kier alpha value is -1.71. The van der Waals surface area contributed by atoms with Crippen LogP contribution in [0.25, 0.3) is 11.3 Å². The molecule has 0 N–H and O–H groups in total. The van der Waals surface area contributed by atoms with Gasteiger partial charge in [-0.05, 0) is 42.9 Å². The first-order valence-corrected chi connectivity index (χ1v) is 6.87. The molecule has 106 valence electrons. The van der Waals surface area contributed by atoms with E-state index in [4.69, 9.17) is 0 Å². The molecule has 4 heteroatoms. The highest BCUT2D eigenvalue weighted by molar-refractivity contribution is 5.65. The summed E-state index contributed by atoms with van der Waals surface area (Å²) in [6.45, 7) is 4.47. The quantitative estimate of drug-likeness (QED) is 0.773. The lowest BCUT2D eigenvalue weighted by Crippen LogP contribution is -2.22. The largest absolute Gasteiger partial charge is 0.272 e. The van der Waals surface area contributed by atoms with E-state index in [1.807, 2.05) is 11.7 Å². The summed E-state index contributed by atoms with van der Waals surface area (Å²) in [4.78, 5) is 0. The summed E-state index contributed by atoms with van der Waals surface area (Å²) in [5.41, 5.74) is 4.05. The van der Waals surface area contributed by atoms with Crippen LogP contribution >= 0.6 is 0 Å². The van der Waals surface area contributed by atoms with Gasteiger partial charge < -0.3 is 0 Å². The minimum absolute atomic E-state index is 0.226. The normalized spacial score (nSPS) is 17.1. The second-order valence-corrected chi connectivity index (χ2v) is 6.37. The Morgan fingerprint density at radius 3 is 2.65 bits per heavy atom. The summed E-state index contributed by atoms with van der Waals surface area (Å²) in [7, 11) is 1.92. The van der Waals surface area contributed by atoms with Gasteiger partial charge in [0.25, 0.3) is 0 Å². The van der Waals surface area contributed by atoms with Crippen molar-refractivity contribution < 1.29 is 8.78 Å². The first-order valence-electron chi connectivity index (χ1n) is 6.87. The molecule has 0 unspecified atom stereocenters. The molecule has 1 aromatic carbocycles. The van der Waals surface area contributed by atoms with Crippen molar-refractivity contribution in [2.45, 2.75) is 33.1 Å². The number of halogens is 2. The van der Waals surface area contributed by atoms with Crippen molar-refractivity contribution in [1.29, 1.82) is 0 Å². The molecule has 1 aromatic heterocycles. The fourth-order valence-electron chi connectivity index (χ4n) is 3.00. The summed E-state index contributed by atoms with van der Waals surface area (Å²) in [5, 5.41) is 4.53. The van der Waals surface area contributed by atoms with Crippen LogP contribution in [0.5, 0.6) is 0 Å². The van der Waals surface area contributed by atoms with Crippen molar-refractivity contribution >= 4 is 0 Å². The van der Waals surface area contributed by atoms with E-state index < -0.39 is 11.6 Å². The maximum absolute atomic E-state index is 13.4. The Bertz CT molecular complexity index is 671. The third-order valence-corrected chi connectivity index (χ3v) is 4.16. The number of aromatic nitrogens is 2. The van der Waals surface area contributed by atoms with Gasteiger partial charge in [0.15, 0.2) is 11.6 Å². The zero-order chi connectivity index (χ0) is 14.5. The molecule has 0 fully saturated rings. The Balaban J connectivity index is 2.13. The van der Waals surface area contributed by atoms with E-state index in [-0.39, 0.29) is 5.41 Å². The highest BCUT2D eigenvalue weighted by atomic mass is 19.2. The molecule has 0 atom stereocenters. The number of fused-ring (bicyclic) bond motifs is 1. The van der Waals surface area contributed by atoms with E-state index in [0.717, 1.165) is 25.0 Å². The van der Waals surface area contributed by atoms with Gasteiger partial charge in [-0.15, -0.1) is 0 Å². The van der Waals surface area contributed by atoms with Crippen LogP contribution in [0.4, 0.5) is 8.78 Å². The number of aryl methyl sites for hydroxylation is 1. The van der Waals surface area contributed by atoms with Crippen LogP contribution in [-0.2, 0) is 19.9 Å². The van der Waals surface area contributed by atoms with Crippen molar-refractivity contribution in [2.24, 2.45) is 12.5 Å². The fourth-order valence-corrected chi connectivity index (χ4v) is 3.00. The van der Waals surface area contributed by atoms with Gasteiger partial charge in [0, 0.05) is 23.9 Å². The lowest BCUT2D eigenvalue weighted by Gasteiger charge is -2.29. The zero-order valence-corrected chi connectivity index (χ0v) is 12.0. The molecule has 1 heterocycles. The van der Waals surface area contributed by atoms with E-state index in [1.165, 1.54) is 23.4 Å². The van der Waals surface area contributed by atoms with Gasteiger partial charge in [0.2, 0.25) is 0 Å². The number of hydrogen-bond donors (Lipinski definition) is 0. The predicted octanol–water partition coefficient (Wildman–Crippen LogP) is 3.88. The van der Waals surface area contributed by atoms with Crippen molar-refractivity contribution in [1.82, 2.24) is 9.78 Å². The standard InChI is InChI=1S/C16H18F2N2/c1-16(2)7-6-14-11(9-16)15(19-20(14)3)10-4-5-12(17)13(18)8-10/h4-5,8H,6-7,9H2,1-3H3. The number of nitrogens with zero attached hydrogens (tertiary/aromatic N) is 2. The van der Waals surface area contributed by atoms with Gasteiger partial charge >= 0.3 is 0 Å². The predicted molar refractivity (Wildman–Crippen MR) is 74.4 cm³/mol. The fraction of sp³-hybridized carbons (Fsp3) is 0.438. The topological polar surface area (TPSA) is 17.8 Å². The van der Waals surface area contributed by atoms with Crippen LogP contribution in [-0.4, -0.2) is 9.78 Å². The molecule has 0 saturated heterocycles. The molecule has 20 heavy (non-hydrogen) atoms. The molecule has 0 saturated carbocycles. The lowest BCUT2D eigenvalue weighted by molar-refractivity contribution is 0.311. The minimum Gasteiger partial charge on any atom is -0.272 e. The van der Waals surface area contributed by atoms with E-state index in [0.29, 0.717) is 5.56 Å². The molecule has 0 amide bonds. The maximum Gasteiger partial charge on any atom is 0.159 e. The molecule has 1 aliphatic rings. The maximum atomic E-state index is 13.4. The van der Waals surface area contributed by atoms with Crippen molar-refractivity contribution in [3.8, 4) is 11.3 Å². The Morgan fingerprint density at radius 1 is 1.20 bits per heavy atom. The first kappa shape index (κ1) is 13.3. The number of hydrogen-bond acceptors (Lipinski definition) is 1. The SMILES string of the molecule is Cn1nc(-c2ccc(F)c(F)c2)c2c1CCC(C)(C)C2. The third-order valence-electron chi connectivity index (χ3n) is 4.16. The van der Waals surface area contributed by atoms with Gasteiger partial charge in [0.1, 0.15) is 0 Å². The van der Waals surface area contributed by atoms with Crippen molar-refractivity contribution in [3.63, 3.8) is 0 Å². The summed E-state index contributed by atoms with van der Waals surface area (Å²) in [6, 6.07) is 4.00. The Morgan fingerprint density at radius 2 is 1.95 bits per heavy atom. The molecule has 3 rings (SSSR count). The minimum atomic E-state index is -0.822. The zero-order valence-electron chi connectivity index (χ0n) is 12.0. The summed E-state index contributed by atoms with van der Waals surface area (Å²) < 4.78 is 28.4. The van der Waals surface area contributed by atoms with Crippen molar-refractivity contribution in [2.75, 3.05) is 0 Å². The van der Waals surface area contributed by atoms with Gasteiger partial charge in [-0.2, -0.15) is 5.10 Å². The first-order chi connectivity index (χ1) is 9.37. The molecule has 0 radical (unpaired) electrons. The van der Waals surface area contributed by atoms with Gasteiger partial charge in [-0.1, -0.05) is 13.8 Å². The second kappa shape index (κ2) is 4.40. The average molecular weight is 276 g/mol. The molecule has 0 spiro atoms. The molecule has 1 aliphatic carbocycles. The van der Waals surface area contributed by atoms with E-state index >= 15 is 0 Å². The highest BCUT2D eigenvalue weighted by Gasteiger charge is 2.30. The molecule has 2 aromatic rings. The van der Waals surface area contributed by atoms with Gasteiger partial charge in [-0.3, -0.25) is 4.68 Å². The van der Waals surface area contributed by atoms with Gasteiger partial charge in [0.05, 0.1) is 5.69 Å². The van der Waals surface area contributed by atoms with Crippen LogP contribution in [0.1, 0.15) is 31.5 Å². The Labute approximate surface area is 117 Å². The van der Waals surface area contributed by atoms with Crippen LogP contribution in [0.15, 0.2) is 18.2 Å². The lowest BCUT2D eigenvalue weighted by atomic mass is 9.75. The third kappa shape index (κ3) is 2.13. The summed E-state index contributed by atoms with van der Waals surface area (Å²) in [5.74, 6) is -1.64. The van der Waals surface area contributed by atoms with E-state index in [2.05, 4.69) is 18.9 Å². The number of rotatable bonds is 1. The second-order valence-electron chi connectivity index (χ2n) is 6.37. The molecule has 2 nitrogen and oxygen atoms in total. The summed E-state index contributed by atoms with van der Waals surface area (Å²) >= 11 is 0. The van der Waals surface area contributed by atoms with Crippen LogP contribution in [0, 0.1) is 17.0 Å². The van der Waals surface area contributed by atoms with E-state index in [1.54, 1.807) is 6.07 Å². The number of benzene rings is 1. The van der Waals surface area contributed by atoms with E-state index in [9.17, 15) is 8.78 Å². The van der Waals surface area contributed by atoms with Crippen LogP contribution < -0.4 is 0 Å². The van der Waals surface area contributed by atoms with Crippen molar-refractivity contribution in [3.05, 3.63) is 41.1 Å². The molecule has 0 aliphatic heterocycles. The van der Waals surface area contributed by atoms with Crippen LogP contribution in [0.2, 0.25) is 0 Å². The highest BCUT2D eigenvalue weighted by Crippen LogP contribution is 2.39. The molecule has 0 bridgehead atoms.